The van der Waals surface area contributed by atoms with Crippen molar-refractivity contribution >= 4 is 43.6 Å². The molecule has 0 bridgehead atoms. The van der Waals surface area contributed by atoms with Crippen LogP contribution < -0.4 is 0 Å². The van der Waals surface area contributed by atoms with E-state index in [4.69, 9.17) is 19.9 Å². The predicted molar refractivity (Wildman–Crippen MR) is 365 cm³/mol. The summed E-state index contributed by atoms with van der Waals surface area (Å²) in [6.45, 7) is 0. The molecule has 0 N–H and O–H groups in total. The number of pyridine rings is 4. The third-order valence-corrected chi connectivity index (χ3v) is 17.2. The first-order chi connectivity index (χ1) is 45.2. The van der Waals surface area contributed by atoms with Gasteiger partial charge in [0.2, 0.25) is 0 Å². The number of fused-ring (bicyclic) bond motifs is 6. The van der Waals surface area contributed by atoms with Crippen molar-refractivity contribution in [3.8, 4) is 119 Å². The topological polar surface area (TPSA) is 85.2 Å². The summed E-state index contributed by atoms with van der Waals surface area (Å²) in [6, 6.07) is 100. The number of aromatic nitrogens is 6. The van der Waals surface area contributed by atoms with E-state index in [0.717, 1.165) is 94.9 Å². The maximum atomic E-state index is 15.7. The number of hydrogen-bond donors (Lipinski definition) is 0. The number of rotatable bonds is 11. The van der Waals surface area contributed by atoms with Gasteiger partial charge >= 0.3 is 6.18 Å². The van der Waals surface area contributed by atoms with Crippen molar-refractivity contribution in [2.45, 2.75) is 6.18 Å². The lowest BCUT2D eigenvalue weighted by atomic mass is 9.95. The van der Waals surface area contributed by atoms with Crippen molar-refractivity contribution in [2.75, 3.05) is 0 Å². The first-order valence-electron chi connectivity index (χ1n) is 30.2. The third kappa shape index (κ3) is 9.91. The van der Waals surface area contributed by atoms with Crippen LogP contribution in [0.1, 0.15) is 11.1 Å². The van der Waals surface area contributed by atoms with E-state index >= 15 is 13.2 Å². The normalized spacial score (nSPS) is 11.6. The van der Waals surface area contributed by atoms with Gasteiger partial charge in [0.25, 0.3) is 0 Å². The largest absolute Gasteiger partial charge is 0.417 e. The lowest BCUT2D eigenvalue weighted by Gasteiger charge is -2.20. The molecule has 0 fully saturated rings. The summed E-state index contributed by atoms with van der Waals surface area (Å²) < 4.78 is 51.3. The van der Waals surface area contributed by atoms with Gasteiger partial charge in [-0.25, -0.2) is 19.9 Å². The standard InChI is InChI=1S/C82H50F3N7/c83-82(84,85)67-28-14-13-27-61(67)60-49-80(91-76-45-56(72-33-15-29-68(87-72)52-19-5-1-6-20-52)37-41-62(76)63-42-38-57(46-77(63)91)73-34-16-30-69(88-73)53-21-7-2-8-22-53)66(51-86)81(50-60)92-78-47-58(74-35-17-31-70(89-74)54-23-9-3-10-24-54)39-43-64(78)65-44-40-59(48-79(65)92)75-36-18-32-71(90-75)55-25-11-4-12-26-55/h1-50H. The molecule has 0 saturated heterocycles. The van der Waals surface area contributed by atoms with Crippen molar-refractivity contribution in [1.82, 2.24) is 29.1 Å². The first kappa shape index (κ1) is 55.0. The Balaban J connectivity index is 1.01. The van der Waals surface area contributed by atoms with Crippen molar-refractivity contribution in [1.29, 1.82) is 5.26 Å². The summed E-state index contributed by atoms with van der Waals surface area (Å²) in [5.74, 6) is 0. The molecule has 0 aliphatic heterocycles. The van der Waals surface area contributed by atoms with Gasteiger partial charge in [-0.1, -0.05) is 212 Å². The molecule has 16 aromatic rings. The summed E-state index contributed by atoms with van der Waals surface area (Å²) in [6.07, 6.45) is -4.75. The minimum atomic E-state index is -4.75. The Bertz CT molecular complexity index is 4990. The van der Waals surface area contributed by atoms with Gasteiger partial charge in [-0.3, -0.25) is 0 Å². The molecule has 0 saturated carbocycles. The summed E-state index contributed by atoms with van der Waals surface area (Å²) in [5.41, 5.74) is 16.2. The molecule has 0 radical (unpaired) electrons. The molecule has 0 spiro atoms. The Kier molecular flexibility index (Phi) is 13.6. The molecule has 0 aliphatic rings. The Labute approximate surface area is 527 Å². The van der Waals surface area contributed by atoms with Crippen LogP contribution in [-0.4, -0.2) is 29.1 Å². The van der Waals surface area contributed by atoms with E-state index < -0.39 is 11.7 Å². The number of nitriles is 1. The zero-order valence-electron chi connectivity index (χ0n) is 49.1. The Morgan fingerprint density at radius 2 is 0.543 bits per heavy atom. The molecule has 434 valence electrons. The molecule has 6 aromatic heterocycles. The molecule has 10 heteroatoms. The number of benzene rings is 10. The minimum Gasteiger partial charge on any atom is -0.308 e. The van der Waals surface area contributed by atoms with Gasteiger partial charge in [0.15, 0.2) is 0 Å². The van der Waals surface area contributed by atoms with Gasteiger partial charge in [-0.2, -0.15) is 18.4 Å². The lowest BCUT2D eigenvalue weighted by Crippen LogP contribution is -2.09. The maximum absolute atomic E-state index is 15.7. The number of alkyl halides is 3. The highest BCUT2D eigenvalue weighted by atomic mass is 19.4. The Morgan fingerprint density at radius 1 is 0.272 bits per heavy atom. The van der Waals surface area contributed by atoms with Crippen LogP contribution in [0.3, 0.4) is 0 Å². The van der Waals surface area contributed by atoms with E-state index in [1.165, 1.54) is 12.1 Å². The molecular weight excluding hydrogens is 1140 g/mol. The van der Waals surface area contributed by atoms with Gasteiger partial charge in [0.05, 0.1) is 84.6 Å². The molecular formula is C82H50F3N7. The molecule has 0 atom stereocenters. The average Bonchev–Trinajstić information content (AvgIpc) is 1.54. The van der Waals surface area contributed by atoms with Gasteiger partial charge in [-0.15, -0.1) is 0 Å². The zero-order valence-corrected chi connectivity index (χ0v) is 49.1. The van der Waals surface area contributed by atoms with Gasteiger partial charge in [0.1, 0.15) is 11.6 Å². The van der Waals surface area contributed by atoms with Crippen LogP contribution in [0, 0.1) is 11.3 Å². The van der Waals surface area contributed by atoms with E-state index in [1.807, 2.05) is 203 Å². The smallest absolute Gasteiger partial charge is 0.308 e. The molecule has 7 nitrogen and oxygen atoms in total. The highest BCUT2D eigenvalue weighted by Gasteiger charge is 2.34. The van der Waals surface area contributed by atoms with Crippen LogP contribution in [0.4, 0.5) is 13.2 Å². The van der Waals surface area contributed by atoms with Gasteiger partial charge in [0, 0.05) is 66.1 Å². The van der Waals surface area contributed by atoms with Crippen LogP contribution in [0.25, 0.3) is 156 Å². The van der Waals surface area contributed by atoms with Gasteiger partial charge in [-0.05, 0) is 102 Å². The molecule has 6 heterocycles. The van der Waals surface area contributed by atoms with E-state index in [-0.39, 0.29) is 16.7 Å². The van der Waals surface area contributed by atoms with Crippen LogP contribution in [0.15, 0.2) is 303 Å². The first-order valence-corrected chi connectivity index (χ1v) is 30.2. The van der Waals surface area contributed by atoms with Crippen LogP contribution in [0.2, 0.25) is 0 Å². The average molecular weight is 1190 g/mol. The second-order valence-electron chi connectivity index (χ2n) is 22.7. The quantitative estimate of drug-likeness (QED) is 0.129. The minimum absolute atomic E-state index is 0.0519. The maximum Gasteiger partial charge on any atom is 0.417 e. The fraction of sp³-hybridized carbons (Fsp3) is 0.0122. The molecule has 0 unspecified atom stereocenters. The van der Waals surface area contributed by atoms with Crippen LogP contribution >= 0.6 is 0 Å². The van der Waals surface area contributed by atoms with Crippen LogP contribution in [-0.2, 0) is 6.18 Å². The second kappa shape index (κ2) is 22.7. The van der Waals surface area contributed by atoms with Crippen LogP contribution in [0.5, 0.6) is 0 Å². The van der Waals surface area contributed by atoms with E-state index in [9.17, 15) is 5.26 Å². The SMILES string of the molecule is N#Cc1c(-n2c3cc(-c4cccc(-c5ccccc5)n4)ccc3c3ccc(-c4cccc(-c5ccccc5)n4)cc32)cc(-c2ccccc2C(F)(F)F)cc1-n1c2cc(-c3cccc(-c4ccccc4)n3)ccc2c2ccc(-c3cccc(-c4ccccc4)n3)cc21. The summed E-state index contributed by atoms with van der Waals surface area (Å²) in [7, 11) is 0. The van der Waals surface area contributed by atoms with Crippen molar-refractivity contribution in [3.63, 3.8) is 0 Å². The van der Waals surface area contributed by atoms with E-state index in [2.05, 4.69) is 78.9 Å². The van der Waals surface area contributed by atoms with Crippen molar-refractivity contribution in [2.24, 2.45) is 0 Å². The van der Waals surface area contributed by atoms with Crippen molar-refractivity contribution in [3.05, 3.63) is 314 Å². The van der Waals surface area contributed by atoms with Gasteiger partial charge < -0.3 is 9.13 Å². The molecule has 0 aliphatic carbocycles. The molecule has 0 amide bonds. The van der Waals surface area contributed by atoms with E-state index in [0.29, 0.717) is 56.2 Å². The summed E-state index contributed by atoms with van der Waals surface area (Å²) in [5, 5.41) is 15.7. The molecule has 10 aromatic carbocycles. The lowest BCUT2D eigenvalue weighted by molar-refractivity contribution is -0.137. The molecule has 16 rings (SSSR count). The van der Waals surface area contributed by atoms with Crippen molar-refractivity contribution < 1.29 is 13.2 Å². The Hall–Kier alpha value is -12.3. The zero-order chi connectivity index (χ0) is 61.9. The molecule has 92 heavy (non-hydrogen) atoms. The fourth-order valence-electron chi connectivity index (χ4n) is 12.9. The monoisotopic (exact) mass is 1190 g/mol. The second-order valence-corrected chi connectivity index (χ2v) is 22.7. The highest BCUT2D eigenvalue weighted by Crippen LogP contribution is 2.46. The fourth-order valence-corrected chi connectivity index (χ4v) is 12.9. The van der Waals surface area contributed by atoms with E-state index in [1.54, 1.807) is 18.2 Å². The number of nitrogens with zero attached hydrogens (tertiary/aromatic N) is 7. The highest BCUT2D eigenvalue weighted by molar-refractivity contribution is 6.13. The predicted octanol–water partition coefficient (Wildman–Crippen LogP) is 21.4. The Morgan fingerprint density at radius 3 is 0.826 bits per heavy atom. The third-order valence-electron chi connectivity index (χ3n) is 17.2. The number of halogens is 3. The summed E-state index contributed by atoms with van der Waals surface area (Å²) >= 11 is 0. The summed E-state index contributed by atoms with van der Waals surface area (Å²) in [4.78, 5) is 20.8. The number of hydrogen-bond acceptors (Lipinski definition) is 5.